The fourth-order valence-electron chi connectivity index (χ4n) is 4.79. The Morgan fingerprint density at radius 2 is 1.59 bits per heavy atom. The topological polar surface area (TPSA) is 67.9 Å². The molecule has 0 unspecified atom stereocenters. The lowest BCUT2D eigenvalue weighted by molar-refractivity contribution is -0.131. The Hall–Kier alpha value is -4.06. The van der Waals surface area contributed by atoms with Crippen molar-refractivity contribution in [3.63, 3.8) is 0 Å². The molecular formula is C28H26N2O4. The number of nitrogens with one attached hydrogen (secondary N) is 1. The highest BCUT2D eigenvalue weighted by Gasteiger charge is 2.41. The first-order valence-corrected chi connectivity index (χ1v) is 11.3. The van der Waals surface area contributed by atoms with Crippen LogP contribution < -0.4 is 14.8 Å². The minimum atomic E-state index is -0.708. The standard InChI is InChI=1S/C28H26N2O4/c1-33-24-15-20-13-14-30-23(21(20)17-25(24)34-2)16-22(18-9-5-3-6-10-18)26(28(30)32)29-27(31)19-11-7-4-8-12-19/h3-12,15-17,22,26H,13-14H2,1-2H3,(H,29,31)/t22-,26+/m0/s1. The summed E-state index contributed by atoms with van der Waals surface area (Å²) in [5, 5.41) is 3.01. The molecule has 0 spiro atoms. The van der Waals surface area contributed by atoms with Gasteiger partial charge in [0.25, 0.3) is 11.8 Å². The van der Waals surface area contributed by atoms with Crippen LogP contribution in [0.1, 0.15) is 33.0 Å². The van der Waals surface area contributed by atoms with Gasteiger partial charge in [-0.15, -0.1) is 0 Å². The number of hydrogen-bond acceptors (Lipinski definition) is 4. The van der Waals surface area contributed by atoms with Gasteiger partial charge in [0.05, 0.1) is 14.2 Å². The predicted octanol–water partition coefficient (Wildman–Crippen LogP) is 4.03. The van der Waals surface area contributed by atoms with E-state index in [9.17, 15) is 9.59 Å². The molecule has 34 heavy (non-hydrogen) atoms. The van der Waals surface area contributed by atoms with E-state index in [1.165, 1.54) is 0 Å². The van der Waals surface area contributed by atoms with Gasteiger partial charge in [-0.2, -0.15) is 0 Å². The van der Waals surface area contributed by atoms with Gasteiger partial charge in [-0.1, -0.05) is 48.5 Å². The minimum absolute atomic E-state index is 0.115. The van der Waals surface area contributed by atoms with E-state index in [2.05, 4.69) is 11.4 Å². The van der Waals surface area contributed by atoms with Crippen molar-refractivity contribution in [2.24, 2.45) is 0 Å². The van der Waals surface area contributed by atoms with Gasteiger partial charge in [0.15, 0.2) is 11.5 Å². The molecule has 0 aromatic heterocycles. The van der Waals surface area contributed by atoms with Crippen molar-refractivity contribution in [2.75, 3.05) is 20.8 Å². The molecule has 2 aliphatic heterocycles. The SMILES string of the molecule is COc1cc2c(cc1OC)C1=C[C@@H](c3ccccc3)[C@@H](NC(=O)c3ccccc3)C(=O)N1CC2. The maximum absolute atomic E-state index is 13.8. The lowest BCUT2D eigenvalue weighted by atomic mass is 9.82. The van der Waals surface area contributed by atoms with Crippen molar-refractivity contribution in [3.05, 3.63) is 101 Å². The molecule has 2 aliphatic rings. The molecule has 0 radical (unpaired) electrons. The lowest BCUT2D eigenvalue weighted by Gasteiger charge is -2.41. The second-order valence-corrected chi connectivity index (χ2v) is 8.41. The van der Waals surface area contributed by atoms with Crippen LogP contribution in [0.4, 0.5) is 0 Å². The molecule has 6 nitrogen and oxygen atoms in total. The molecule has 0 bridgehead atoms. The van der Waals surface area contributed by atoms with Gasteiger partial charge in [-0.05, 0) is 47.9 Å². The van der Waals surface area contributed by atoms with Crippen LogP contribution in [-0.2, 0) is 11.2 Å². The van der Waals surface area contributed by atoms with E-state index in [1.807, 2.05) is 60.7 Å². The highest BCUT2D eigenvalue weighted by molar-refractivity contribution is 6.01. The number of hydrogen-bond donors (Lipinski definition) is 1. The van der Waals surface area contributed by atoms with Crippen LogP contribution in [0.15, 0.2) is 78.9 Å². The number of nitrogens with zero attached hydrogens (tertiary/aromatic N) is 1. The van der Waals surface area contributed by atoms with Gasteiger partial charge in [0.1, 0.15) is 6.04 Å². The molecule has 0 aliphatic carbocycles. The summed E-state index contributed by atoms with van der Waals surface area (Å²) in [6.45, 7) is 0.534. The molecule has 0 saturated carbocycles. The second kappa shape index (κ2) is 9.06. The number of rotatable bonds is 5. The van der Waals surface area contributed by atoms with Gasteiger partial charge in [0, 0.05) is 29.3 Å². The van der Waals surface area contributed by atoms with Crippen molar-refractivity contribution >= 4 is 17.5 Å². The molecule has 2 atom stereocenters. The van der Waals surface area contributed by atoms with Crippen LogP contribution in [0.25, 0.3) is 5.70 Å². The summed E-state index contributed by atoms with van der Waals surface area (Å²) in [5.74, 6) is 0.598. The number of methoxy groups -OCH3 is 2. The van der Waals surface area contributed by atoms with Crippen molar-refractivity contribution in [1.82, 2.24) is 10.2 Å². The quantitative estimate of drug-likeness (QED) is 0.632. The molecule has 5 rings (SSSR count). The zero-order chi connectivity index (χ0) is 23.7. The number of benzene rings is 3. The van der Waals surface area contributed by atoms with Crippen molar-refractivity contribution in [2.45, 2.75) is 18.4 Å². The van der Waals surface area contributed by atoms with Crippen LogP contribution in [0, 0.1) is 0 Å². The van der Waals surface area contributed by atoms with E-state index in [4.69, 9.17) is 9.47 Å². The average molecular weight is 455 g/mol. The monoisotopic (exact) mass is 454 g/mol. The van der Waals surface area contributed by atoms with E-state index in [0.717, 1.165) is 22.4 Å². The first-order chi connectivity index (χ1) is 16.6. The van der Waals surface area contributed by atoms with Crippen LogP contribution in [-0.4, -0.2) is 43.5 Å². The summed E-state index contributed by atoms with van der Waals surface area (Å²) in [7, 11) is 3.22. The largest absolute Gasteiger partial charge is 0.493 e. The molecule has 1 N–H and O–H groups in total. The van der Waals surface area contributed by atoms with Gasteiger partial charge >= 0.3 is 0 Å². The number of carbonyl (C=O) groups is 2. The Morgan fingerprint density at radius 3 is 2.26 bits per heavy atom. The Labute approximate surface area is 198 Å². The van der Waals surface area contributed by atoms with Gasteiger partial charge in [-0.25, -0.2) is 0 Å². The maximum Gasteiger partial charge on any atom is 0.251 e. The van der Waals surface area contributed by atoms with Crippen LogP contribution in [0.3, 0.4) is 0 Å². The van der Waals surface area contributed by atoms with E-state index in [1.54, 1.807) is 31.3 Å². The Morgan fingerprint density at radius 1 is 0.941 bits per heavy atom. The van der Waals surface area contributed by atoms with Crippen molar-refractivity contribution in [3.8, 4) is 11.5 Å². The second-order valence-electron chi connectivity index (χ2n) is 8.41. The number of ether oxygens (including phenoxy) is 2. The molecule has 2 heterocycles. The van der Waals surface area contributed by atoms with Gasteiger partial charge < -0.3 is 19.7 Å². The average Bonchev–Trinajstić information content (AvgIpc) is 2.89. The Kier molecular flexibility index (Phi) is 5.80. The summed E-state index contributed by atoms with van der Waals surface area (Å²) in [5.41, 5.74) is 4.38. The highest BCUT2D eigenvalue weighted by Crippen LogP contribution is 2.42. The normalized spacial score (nSPS) is 18.9. The summed E-state index contributed by atoms with van der Waals surface area (Å²) in [6.07, 6.45) is 2.78. The molecule has 6 heteroatoms. The maximum atomic E-state index is 13.8. The van der Waals surface area contributed by atoms with Crippen molar-refractivity contribution in [1.29, 1.82) is 0 Å². The first kappa shape index (κ1) is 21.8. The van der Waals surface area contributed by atoms with E-state index in [-0.39, 0.29) is 17.7 Å². The van der Waals surface area contributed by atoms with E-state index < -0.39 is 6.04 Å². The van der Waals surface area contributed by atoms with E-state index >= 15 is 0 Å². The smallest absolute Gasteiger partial charge is 0.251 e. The third-order valence-electron chi connectivity index (χ3n) is 6.52. The zero-order valence-corrected chi connectivity index (χ0v) is 19.2. The number of fused-ring (bicyclic) bond motifs is 3. The van der Waals surface area contributed by atoms with Gasteiger partial charge in [0.2, 0.25) is 0 Å². The highest BCUT2D eigenvalue weighted by atomic mass is 16.5. The zero-order valence-electron chi connectivity index (χ0n) is 19.2. The lowest BCUT2D eigenvalue weighted by Crippen LogP contribution is -2.54. The predicted molar refractivity (Wildman–Crippen MR) is 130 cm³/mol. The molecule has 3 aromatic rings. The summed E-state index contributed by atoms with van der Waals surface area (Å²) < 4.78 is 11.0. The fraction of sp³-hybridized carbons (Fsp3) is 0.214. The van der Waals surface area contributed by atoms with E-state index in [0.29, 0.717) is 30.0 Å². The minimum Gasteiger partial charge on any atom is -0.493 e. The fourth-order valence-corrected chi connectivity index (χ4v) is 4.79. The molecule has 0 fully saturated rings. The molecule has 2 amide bonds. The molecule has 3 aromatic carbocycles. The number of amides is 2. The van der Waals surface area contributed by atoms with Crippen LogP contribution in [0.2, 0.25) is 0 Å². The van der Waals surface area contributed by atoms with Crippen molar-refractivity contribution < 1.29 is 19.1 Å². The van der Waals surface area contributed by atoms with Crippen LogP contribution >= 0.6 is 0 Å². The Balaban J connectivity index is 1.59. The molecular weight excluding hydrogens is 428 g/mol. The summed E-state index contributed by atoms with van der Waals surface area (Å²) in [4.78, 5) is 28.6. The molecule has 0 saturated heterocycles. The summed E-state index contributed by atoms with van der Waals surface area (Å²) in [6, 6.07) is 22.0. The van der Waals surface area contributed by atoms with Crippen LogP contribution in [0.5, 0.6) is 11.5 Å². The van der Waals surface area contributed by atoms with Gasteiger partial charge in [-0.3, -0.25) is 9.59 Å². The molecule has 172 valence electrons. The third-order valence-corrected chi connectivity index (χ3v) is 6.52. The summed E-state index contributed by atoms with van der Waals surface area (Å²) >= 11 is 0. The first-order valence-electron chi connectivity index (χ1n) is 11.3. The Bertz CT molecular complexity index is 1250. The third kappa shape index (κ3) is 3.81. The number of carbonyl (C=O) groups excluding carboxylic acids is 2.